The molecule has 1 aliphatic heterocycles. The molecule has 0 spiro atoms. The van der Waals surface area contributed by atoms with Gasteiger partial charge < -0.3 is 14.8 Å². The second kappa shape index (κ2) is 4.74. The Labute approximate surface area is 123 Å². The van der Waals surface area contributed by atoms with E-state index >= 15 is 0 Å². The SMILES string of the molecule is CC1(CC(=O)O)OCCc2c1[nH]c1c(C(F)(F)F)cccc21. The molecule has 2 aromatic rings. The van der Waals surface area contributed by atoms with Crippen LogP contribution in [0.25, 0.3) is 10.9 Å². The van der Waals surface area contributed by atoms with Gasteiger partial charge in [-0.15, -0.1) is 0 Å². The predicted octanol–water partition coefficient (Wildman–Crippen LogP) is 3.45. The van der Waals surface area contributed by atoms with Crippen molar-refractivity contribution in [3.63, 3.8) is 0 Å². The Bertz CT molecular complexity index is 750. The van der Waals surface area contributed by atoms with Gasteiger partial charge in [-0.2, -0.15) is 13.2 Å². The lowest BCUT2D eigenvalue weighted by Crippen LogP contribution is -2.34. The molecule has 0 aliphatic carbocycles. The second-order valence-electron chi connectivity index (χ2n) is 5.60. The standard InChI is InChI=1S/C15H14F3NO3/c1-14(7-11(20)21)13-9(5-6-22-14)8-3-2-4-10(12(8)19-13)15(16,17)18/h2-4,19H,5-7H2,1H3,(H,20,21). The van der Waals surface area contributed by atoms with Crippen molar-refractivity contribution in [1.29, 1.82) is 0 Å². The minimum atomic E-state index is -4.48. The van der Waals surface area contributed by atoms with E-state index in [9.17, 15) is 18.0 Å². The highest BCUT2D eigenvalue weighted by Crippen LogP contribution is 2.42. The Morgan fingerprint density at radius 3 is 2.82 bits per heavy atom. The van der Waals surface area contributed by atoms with Crippen LogP contribution in [0.3, 0.4) is 0 Å². The number of nitrogens with one attached hydrogen (secondary N) is 1. The molecule has 2 N–H and O–H groups in total. The molecule has 1 unspecified atom stereocenters. The van der Waals surface area contributed by atoms with Crippen LogP contribution in [0.1, 0.15) is 30.2 Å². The highest BCUT2D eigenvalue weighted by Gasteiger charge is 2.40. The molecule has 1 aromatic heterocycles. The van der Waals surface area contributed by atoms with Crippen molar-refractivity contribution in [1.82, 2.24) is 4.98 Å². The third-order valence-corrected chi connectivity index (χ3v) is 4.04. The van der Waals surface area contributed by atoms with E-state index in [2.05, 4.69) is 4.98 Å². The van der Waals surface area contributed by atoms with Gasteiger partial charge >= 0.3 is 12.1 Å². The summed E-state index contributed by atoms with van der Waals surface area (Å²) in [7, 11) is 0. The Kier molecular flexibility index (Phi) is 3.21. The monoisotopic (exact) mass is 313 g/mol. The number of ether oxygens (including phenoxy) is 1. The largest absolute Gasteiger partial charge is 0.481 e. The molecular weight excluding hydrogens is 299 g/mol. The average molecular weight is 313 g/mol. The maximum absolute atomic E-state index is 13.1. The maximum atomic E-state index is 13.1. The van der Waals surface area contributed by atoms with Crippen molar-refractivity contribution in [2.75, 3.05) is 6.61 Å². The number of hydrogen-bond donors (Lipinski definition) is 2. The summed E-state index contributed by atoms with van der Waals surface area (Å²) >= 11 is 0. The van der Waals surface area contributed by atoms with Crippen LogP contribution in [0.4, 0.5) is 13.2 Å². The van der Waals surface area contributed by atoms with Gasteiger partial charge in [0, 0.05) is 5.39 Å². The summed E-state index contributed by atoms with van der Waals surface area (Å²) in [6, 6.07) is 4.00. The minimum Gasteiger partial charge on any atom is -0.481 e. The topological polar surface area (TPSA) is 62.3 Å². The summed E-state index contributed by atoms with van der Waals surface area (Å²) in [4.78, 5) is 13.8. The van der Waals surface area contributed by atoms with Crippen LogP contribution in [0.5, 0.6) is 0 Å². The Morgan fingerprint density at radius 1 is 1.45 bits per heavy atom. The average Bonchev–Trinajstić information content (AvgIpc) is 2.77. The molecule has 2 heterocycles. The van der Waals surface area contributed by atoms with E-state index in [-0.39, 0.29) is 18.5 Å². The molecule has 0 saturated heterocycles. The van der Waals surface area contributed by atoms with Gasteiger partial charge in [-0.1, -0.05) is 12.1 Å². The molecule has 0 fully saturated rings. The number of para-hydroxylation sites is 1. The quantitative estimate of drug-likeness (QED) is 0.892. The summed E-state index contributed by atoms with van der Waals surface area (Å²) in [5, 5.41) is 9.52. The predicted molar refractivity (Wildman–Crippen MR) is 72.6 cm³/mol. The van der Waals surface area contributed by atoms with Crippen LogP contribution in [0.2, 0.25) is 0 Å². The molecule has 1 atom stereocenters. The number of fused-ring (bicyclic) bond motifs is 3. The normalized spacial score (nSPS) is 21.8. The first-order valence-electron chi connectivity index (χ1n) is 6.79. The first kappa shape index (κ1) is 14.9. The van der Waals surface area contributed by atoms with Gasteiger partial charge in [0.15, 0.2) is 0 Å². The van der Waals surface area contributed by atoms with Crippen LogP contribution < -0.4 is 0 Å². The zero-order valence-electron chi connectivity index (χ0n) is 11.8. The van der Waals surface area contributed by atoms with E-state index in [0.717, 1.165) is 6.07 Å². The fourth-order valence-electron chi connectivity index (χ4n) is 3.10. The van der Waals surface area contributed by atoms with Crippen molar-refractivity contribution in [2.24, 2.45) is 0 Å². The van der Waals surface area contributed by atoms with E-state index in [4.69, 9.17) is 9.84 Å². The van der Waals surface area contributed by atoms with Crippen LogP contribution in [-0.2, 0) is 27.7 Å². The number of halogens is 3. The number of rotatable bonds is 2. The van der Waals surface area contributed by atoms with Gasteiger partial charge in [-0.3, -0.25) is 4.79 Å². The van der Waals surface area contributed by atoms with E-state index in [1.165, 1.54) is 6.07 Å². The van der Waals surface area contributed by atoms with Crippen LogP contribution in [0, 0.1) is 0 Å². The molecule has 1 aliphatic rings. The lowest BCUT2D eigenvalue weighted by atomic mass is 9.90. The molecule has 7 heteroatoms. The fourth-order valence-corrected chi connectivity index (χ4v) is 3.10. The highest BCUT2D eigenvalue weighted by molar-refractivity contribution is 5.88. The van der Waals surface area contributed by atoms with E-state index < -0.39 is 23.3 Å². The van der Waals surface area contributed by atoms with Gasteiger partial charge in [-0.25, -0.2) is 0 Å². The Morgan fingerprint density at radius 2 is 2.18 bits per heavy atom. The van der Waals surface area contributed by atoms with Gasteiger partial charge in [0.2, 0.25) is 0 Å². The lowest BCUT2D eigenvalue weighted by molar-refractivity contribution is -0.146. The van der Waals surface area contributed by atoms with Crippen molar-refractivity contribution >= 4 is 16.9 Å². The Hall–Kier alpha value is -2.02. The molecule has 4 nitrogen and oxygen atoms in total. The fraction of sp³-hybridized carbons (Fsp3) is 0.400. The Balaban J connectivity index is 2.25. The number of benzene rings is 1. The smallest absolute Gasteiger partial charge is 0.418 e. The zero-order valence-corrected chi connectivity index (χ0v) is 11.8. The first-order chi connectivity index (χ1) is 10.2. The number of aromatic nitrogens is 1. The molecule has 3 rings (SSSR count). The van der Waals surface area contributed by atoms with Gasteiger partial charge in [-0.05, 0) is 25.0 Å². The van der Waals surface area contributed by atoms with E-state index in [1.807, 2.05) is 0 Å². The molecule has 0 saturated carbocycles. The van der Waals surface area contributed by atoms with Crippen molar-refractivity contribution < 1.29 is 27.8 Å². The summed E-state index contributed by atoms with van der Waals surface area (Å²) in [5.41, 5.74) is -0.787. The van der Waals surface area contributed by atoms with Gasteiger partial charge in [0.1, 0.15) is 5.60 Å². The van der Waals surface area contributed by atoms with Crippen molar-refractivity contribution in [3.05, 3.63) is 35.0 Å². The molecule has 0 amide bonds. The molecule has 22 heavy (non-hydrogen) atoms. The maximum Gasteiger partial charge on any atom is 0.418 e. The van der Waals surface area contributed by atoms with Crippen molar-refractivity contribution in [3.8, 4) is 0 Å². The summed E-state index contributed by atoms with van der Waals surface area (Å²) in [5.74, 6) is -1.06. The summed E-state index contributed by atoms with van der Waals surface area (Å²) in [6.07, 6.45) is -4.34. The molecule has 0 radical (unpaired) electrons. The summed E-state index contributed by atoms with van der Waals surface area (Å²) in [6.45, 7) is 1.86. The number of aromatic amines is 1. The van der Waals surface area contributed by atoms with Crippen molar-refractivity contribution in [2.45, 2.75) is 31.5 Å². The molecule has 1 aromatic carbocycles. The zero-order chi connectivity index (χ0) is 16.1. The van der Waals surface area contributed by atoms with Crippen LogP contribution in [0.15, 0.2) is 18.2 Å². The minimum absolute atomic E-state index is 0.0119. The first-order valence-corrected chi connectivity index (χ1v) is 6.79. The number of carbonyl (C=O) groups is 1. The molecule has 118 valence electrons. The summed E-state index contributed by atoms with van der Waals surface area (Å²) < 4.78 is 45.0. The van der Waals surface area contributed by atoms with E-state index in [0.29, 0.717) is 23.1 Å². The third kappa shape index (κ3) is 2.25. The van der Waals surface area contributed by atoms with Gasteiger partial charge in [0.25, 0.3) is 0 Å². The molecular formula is C15H14F3NO3. The lowest BCUT2D eigenvalue weighted by Gasteiger charge is -2.32. The number of alkyl halides is 3. The highest BCUT2D eigenvalue weighted by atomic mass is 19.4. The number of aliphatic carboxylic acids is 1. The van der Waals surface area contributed by atoms with Crippen LogP contribution in [-0.4, -0.2) is 22.7 Å². The third-order valence-electron chi connectivity index (χ3n) is 4.04. The van der Waals surface area contributed by atoms with E-state index in [1.54, 1.807) is 13.0 Å². The van der Waals surface area contributed by atoms with Crippen LogP contribution >= 0.6 is 0 Å². The second-order valence-corrected chi connectivity index (χ2v) is 5.60. The number of hydrogen-bond acceptors (Lipinski definition) is 2. The van der Waals surface area contributed by atoms with Gasteiger partial charge in [0.05, 0.1) is 29.8 Å². The molecule has 0 bridgehead atoms. The number of carboxylic acids is 1. The number of H-pyrrole nitrogens is 1. The number of carboxylic acid groups (broad SMARTS) is 1.